The van der Waals surface area contributed by atoms with Crippen LogP contribution in [-0.2, 0) is 14.3 Å². The van der Waals surface area contributed by atoms with Gasteiger partial charge >= 0.3 is 5.97 Å². The predicted octanol–water partition coefficient (Wildman–Crippen LogP) is 2.70. The van der Waals surface area contributed by atoms with Crippen LogP contribution in [0.3, 0.4) is 0 Å². The third-order valence-electron chi connectivity index (χ3n) is 2.47. The SMILES string of the molecule is COC(=O)C=C(C)CCCC(C)(C)OC. The number of allylic oxidation sites excluding steroid dienone is 1. The van der Waals surface area contributed by atoms with E-state index in [0.29, 0.717) is 0 Å². The number of hydrogen-bond donors (Lipinski definition) is 0. The molecule has 0 rings (SSSR count). The molecule has 0 aromatic carbocycles. The van der Waals surface area contributed by atoms with E-state index in [1.165, 1.54) is 7.11 Å². The highest BCUT2D eigenvalue weighted by Crippen LogP contribution is 2.18. The lowest BCUT2D eigenvalue weighted by atomic mass is 9.99. The Hall–Kier alpha value is -0.830. The van der Waals surface area contributed by atoms with Gasteiger partial charge in [-0.3, -0.25) is 0 Å². The largest absolute Gasteiger partial charge is 0.466 e. The summed E-state index contributed by atoms with van der Waals surface area (Å²) in [5, 5.41) is 0. The minimum absolute atomic E-state index is 0.0778. The molecule has 0 aromatic rings. The van der Waals surface area contributed by atoms with Crippen LogP contribution in [0.4, 0.5) is 0 Å². The molecule has 0 aliphatic rings. The Kier molecular flexibility index (Phi) is 6.25. The Morgan fingerprint density at radius 3 is 2.40 bits per heavy atom. The van der Waals surface area contributed by atoms with Gasteiger partial charge in [-0.2, -0.15) is 0 Å². The summed E-state index contributed by atoms with van der Waals surface area (Å²) in [7, 11) is 3.11. The average Bonchev–Trinajstić information content (AvgIpc) is 2.17. The second-order valence-corrected chi connectivity index (χ2v) is 4.33. The van der Waals surface area contributed by atoms with Gasteiger partial charge in [0.05, 0.1) is 12.7 Å². The summed E-state index contributed by atoms with van der Waals surface area (Å²) in [6.45, 7) is 6.06. The van der Waals surface area contributed by atoms with Crippen LogP contribution < -0.4 is 0 Å². The molecule has 0 spiro atoms. The topological polar surface area (TPSA) is 35.5 Å². The van der Waals surface area contributed by atoms with Gasteiger partial charge in [-0.05, 0) is 40.0 Å². The van der Waals surface area contributed by atoms with Gasteiger partial charge in [0.1, 0.15) is 0 Å². The van der Waals surface area contributed by atoms with Crippen molar-refractivity contribution in [3.05, 3.63) is 11.6 Å². The molecule has 0 bridgehead atoms. The van der Waals surface area contributed by atoms with Gasteiger partial charge in [0.15, 0.2) is 0 Å². The van der Waals surface area contributed by atoms with Crippen LogP contribution in [0.1, 0.15) is 40.0 Å². The highest BCUT2D eigenvalue weighted by atomic mass is 16.5. The van der Waals surface area contributed by atoms with Gasteiger partial charge in [0.25, 0.3) is 0 Å². The first-order chi connectivity index (χ1) is 6.91. The first-order valence-corrected chi connectivity index (χ1v) is 5.21. The third-order valence-corrected chi connectivity index (χ3v) is 2.47. The van der Waals surface area contributed by atoms with Crippen molar-refractivity contribution in [2.45, 2.75) is 45.6 Å². The van der Waals surface area contributed by atoms with Crippen LogP contribution in [-0.4, -0.2) is 25.8 Å². The fourth-order valence-corrected chi connectivity index (χ4v) is 1.23. The number of esters is 1. The molecule has 3 heteroatoms. The summed E-state index contributed by atoms with van der Waals surface area (Å²) in [6, 6.07) is 0. The lowest BCUT2D eigenvalue weighted by Gasteiger charge is -2.22. The molecule has 3 nitrogen and oxygen atoms in total. The lowest BCUT2D eigenvalue weighted by Crippen LogP contribution is -2.21. The molecule has 0 atom stereocenters. The molecule has 88 valence electrons. The van der Waals surface area contributed by atoms with Crippen LogP contribution in [0.25, 0.3) is 0 Å². The maximum atomic E-state index is 10.9. The van der Waals surface area contributed by atoms with Gasteiger partial charge < -0.3 is 9.47 Å². The first kappa shape index (κ1) is 14.2. The normalized spacial score (nSPS) is 12.7. The highest BCUT2D eigenvalue weighted by Gasteiger charge is 2.15. The summed E-state index contributed by atoms with van der Waals surface area (Å²) in [4.78, 5) is 10.9. The molecule has 15 heavy (non-hydrogen) atoms. The van der Waals surface area contributed by atoms with E-state index in [1.54, 1.807) is 13.2 Å². The van der Waals surface area contributed by atoms with Crippen molar-refractivity contribution in [1.29, 1.82) is 0 Å². The van der Waals surface area contributed by atoms with Crippen molar-refractivity contribution in [3.63, 3.8) is 0 Å². The van der Waals surface area contributed by atoms with Gasteiger partial charge in [0.2, 0.25) is 0 Å². The fraction of sp³-hybridized carbons (Fsp3) is 0.750. The van der Waals surface area contributed by atoms with Gasteiger partial charge in [-0.25, -0.2) is 4.79 Å². The summed E-state index contributed by atoms with van der Waals surface area (Å²) in [6.07, 6.45) is 4.44. The van der Waals surface area contributed by atoms with Crippen molar-refractivity contribution in [2.75, 3.05) is 14.2 Å². The van der Waals surface area contributed by atoms with E-state index in [0.717, 1.165) is 24.8 Å². The van der Waals surface area contributed by atoms with E-state index in [-0.39, 0.29) is 11.6 Å². The Morgan fingerprint density at radius 1 is 1.33 bits per heavy atom. The van der Waals surface area contributed by atoms with E-state index in [9.17, 15) is 4.79 Å². The number of carbonyl (C=O) groups excluding carboxylic acids is 1. The van der Waals surface area contributed by atoms with Crippen molar-refractivity contribution < 1.29 is 14.3 Å². The molecule has 0 radical (unpaired) electrons. The molecule has 0 aliphatic carbocycles. The monoisotopic (exact) mass is 214 g/mol. The second-order valence-electron chi connectivity index (χ2n) is 4.33. The molecule has 0 N–H and O–H groups in total. The standard InChI is InChI=1S/C12H22O3/c1-10(9-11(13)14-4)7-6-8-12(2,3)15-5/h9H,6-8H2,1-5H3. The number of methoxy groups -OCH3 is 2. The zero-order chi connectivity index (χ0) is 11.9. The molecule has 0 aliphatic heterocycles. The van der Waals surface area contributed by atoms with E-state index >= 15 is 0 Å². The van der Waals surface area contributed by atoms with E-state index < -0.39 is 0 Å². The van der Waals surface area contributed by atoms with Crippen LogP contribution in [0, 0.1) is 0 Å². The zero-order valence-electron chi connectivity index (χ0n) is 10.4. The maximum Gasteiger partial charge on any atom is 0.330 e. The van der Waals surface area contributed by atoms with Crippen molar-refractivity contribution in [3.8, 4) is 0 Å². The minimum Gasteiger partial charge on any atom is -0.466 e. The van der Waals surface area contributed by atoms with Crippen LogP contribution in [0.2, 0.25) is 0 Å². The Morgan fingerprint density at radius 2 is 1.93 bits per heavy atom. The van der Waals surface area contributed by atoms with Crippen molar-refractivity contribution in [1.82, 2.24) is 0 Å². The Labute approximate surface area is 92.5 Å². The van der Waals surface area contributed by atoms with Crippen LogP contribution >= 0.6 is 0 Å². The molecule has 0 amide bonds. The van der Waals surface area contributed by atoms with E-state index in [2.05, 4.69) is 18.6 Å². The van der Waals surface area contributed by atoms with Gasteiger partial charge in [0, 0.05) is 13.2 Å². The van der Waals surface area contributed by atoms with Crippen molar-refractivity contribution >= 4 is 5.97 Å². The maximum absolute atomic E-state index is 10.9. The summed E-state index contributed by atoms with van der Waals surface area (Å²) in [5.74, 6) is -0.279. The summed E-state index contributed by atoms with van der Waals surface area (Å²) >= 11 is 0. The number of ether oxygens (including phenoxy) is 2. The molecule has 0 heterocycles. The molecule has 0 saturated carbocycles. The molecule has 0 fully saturated rings. The molecule has 0 unspecified atom stereocenters. The van der Waals surface area contributed by atoms with Crippen LogP contribution in [0.5, 0.6) is 0 Å². The molecule has 0 aromatic heterocycles. The summed E-state index contributed by atoms with van der Waals surface area (Å²) in [5.41, 5.74) is 0.972. The molecular formula is C12H22O3. The van der Waals surface area contributed by atoms with E-state index in [1.807, 2.05) is 6.92 Å². The zero-order valence-corrected chi connectivity index (χ0v) is 10.4. The predicted molar refractivity (Wildman–Crippen MR) is 60.7 cm³/mol. The lowest BCUT2D eigenvalue weighted by molar-refractivity contribution is -0.134. The van der Waals surface area contributed by atoms with Gasteiger partial charge in [-0.1, -0.05) is 5.57 Å². The number of hydrogen-bond acceptors (Lipinski definition) is 3. The smallest absolute Gasteiger partial charge is 0.330 e. The minimum atomic E-state index is -0.279. The average molecular weight is 214 g/mol. The highest BCUT2D eigenvalue weighted by molar-refractivity contribution is 5.82. The quantitative estimate of drug-likeness (QED) is 0.503. The Balaban J connectivity index is 3.87. The van der Waals surface area contributed by atoms with Gasteiger partial charge in [-0.15, -0.1) is 0 Å². The Bertz CT molecular complexity index is 229. The first-order valence-electron chi connectivity index (χ1n) is 5.21. The second kappa shape index (κ2) is 6.62. The summed E-state index contributed by atoms with van der Waals surface area (Å²) < 4.78 is 9.86. The fourth-order valence-electron chi connectivity index (χ4n) is 1.23. The number of carbonyl (C=O) groups is 1. The number of rotatable bonds is 6. The molecular weight excluding hydrogens is 192 g/mol. The third kappa shape index (κ3) is 7.14. The van der Waals surface area contributed by atoms with E-state index in [4.69, 9.17) is 4.74 Å². The van der Waals surface area contributed by atoms with Crippen LogP contribution in [0.15, 0.2) is 11.6 Å². The molecule has 0 saturated heterocycles. The van der Waals surface area contributed by atoms with Crippen molar-refractivity contribution in [2.24, 2.45) is 0 Å².